The van der Waals surface area contributed by atoms with Gasteiger partial charge in [-0.25, -0.2) is 0 Å². The first-order chi connectivity index (χ1) is 12.0. The standard InChI is InChI=1S/C18H13F2N3O2/c1-12-4-6-13(7-5-12)3-2-9-23-10-8-14(11-15(23)24)17-21-22-18(25-17)16(19)20/h4-8,10-11,16H,9H2,1H3. The molecule has 0 bridgehead atoms. The van der Waals surface area contributed by atoms with Crippen LogP contribution in [0.4, 0.5) is 8.78 Å². The second kappa shape index (κ2) is 7.09. The fourth-order valence-corrected chi connectivity index (χ4v) is 2.07. The van der Waals surface area contributed by atoms with E-state index in [-0.39, 0.29) is 23.6 Å². The minimum atomic E-state index is -2.85. The second-order valence-electron chi connectivity index (χ2n) is 5.30. The van der Waals surface area contributed by atoms with Crippen LogP contribution >= 0.6 is 0 Å². The lowest BCUT2D eigenvalue weighted by atomic mass is 10.1. The van der Waals surface area contributed by atoms with Crippen molar-refractivity contribution in [2.24, 2.45) is 0 Å². The number of alkyl halides is 2. The smallest absolute Gasteiger partial charge is 0.314 e. The van der Waals surface area contributed by atoms with Gasteiger partial charge in [0.1, 0.15) is 0 Å². The number of halogens is 2. The van der Waals surface area contributed by atoms with Crippen molar-refractivity contribution in [3.63, 3.8) is 0 Å². The van der Waals surface area contributed by atoms with Crippen LogP contribution in [-0.4, -0.2) is 14.8 Å². The van der Waals surface area contributed by atoms with Crippen molar-refractivity contribution in [2.45, 2.75) is 19.9 Å². The molecule has 0 atom stereocenters. The number of hydrogen-bond acceptors (Lipinski definition) is 4. The maximum absolute atomic E-state index is 12.5. The van der Waals surface area contributed by atoms with E-state index >= 15 is 0 Å². The molecule has 0 fully saturated rings. The lowest BCUT2D eigenvalue weighted by molar-refractivity contribution is 0.116. The van der Waals surface area contributed by atoms with Gasteiger partial charge in [0, 0.05) is 23.4 Å². The molecule has 0 saturated heterocycles. The summed E-state index contributed by atoms with van der Waals surface area (Å²) in [5.74, 6) is 5.00. The predicted octanol–water partition coefficient (Wildman–Crippen LogP) is 3.20. The monoisotopic (exact) mass is 341 g/mol. The number of nitrogens with zero attached hydrogens (tertiary/aromatic N) is 3. The largest absolute Gasteiger partial charge is 0.415 e. The summed E-state index contributed by atoms with van der Waals surface area (Å²) in [5, 5.41) is 6.75. The van der Waals surface area contributed by atoms with Crippen molar-refractivity contribution in [2.75, 3.05) is 0 Å². The minimum absolute atomic E-state index is 0.120. The van der Waals surface area contributed by atoms with E-state index in [1.54, 1.807) is 0 Å². The molecule has 2 heterocycles. The van der Waals surface area contributed by atoms with Gasteiger partial charge in [-0.1, -0.05) is 29.5 Å². The van der Waals surface area contributed by atoms with E-state index in [4.69, 9.17) is 4.42 Å². The summed E-state index contributed by atoms with van der Waals surface area (Å²) in [7, 11) is 0. The topological polar surface area (TPSA) is 60.9 Å². The van der Waals surface area contributed by atoms with Crippen LogP contribution in [0.25, 0.3) is 11.5 Å². The predicted molar refractivity (Wildman–Crippen MR) is 87.0 cm³/mol. The number of aryl methyl sites for hydroxylation is 1. The third-order valence-electron chi connectivity index (χ3n) is 3.40. The van der Waals surface area contributed by atoms with Gasteiger partial charge in [-0.05, 0) is 25.1 Å². The highest BCUT2D eigenvalue weighted by atomic mass is 19.3. The zero-order valence-corrected chi connectivity index (χ0v) is 13.2. The molecule has 0 aliphatic carbocycles. The van der Waals surface area contributed by atoms with Crippen LogP contribution in [0.3, 0.4) is 0 Å². The summed E-state index contributed by atoms with van der Waals surface area (Å²) in [6, 6.07) is 10.5. The molecule has 126 valence electrons. The number of aromatic nitrogens is 3. The minimum Gasteiger partial charge on any atom is -0.415 e. The Kier molecular flexibility index (Phi) is 4.70. The summed E-state index contributed by atoms with van der Waals surface area (Å²) in [6.07, 6.45) is -1.34. The SMILES string of the molecule is Cc1ccc(C#CCn2ccc(-c3nnc(C(F)F)o3)cc2=O)cc1. The summed E-state index contributed by atoms with van der Waals surface area (Å²) in [4.78, 5) is 12.1. The normalized spacial score (nSPS) is 10.6. The van der Waals surface area contributed by atoms with Gasteiger partial charge in [-0.3, -0.25) is 4.79 Å². The number of benzene rings is 1. The molecule has 0 spiro atoms. The molecule has 25 heavy (non-hydrogen) atoms. The maximum Gasteiger partial charge on any atom is 0.314 e. The lowest BCUT2D eigenvalue weighted by Gasteiger charge is -2.01. The van der Waals surface area contributed by atoms with E-state index in [9.17, 15) is 13.6 Å². The molecule has 2 aromatic heterocycles. The molecular formula is C18H13F2N3O2. The van der Waals surface area contributed by atoms with E-state index in [1.807, 2.05) is 31.2 Å². The van der Waals surface area contributed by atoms with Crippen LogP contribution in [0.1, 0.15) is 23.4 Å². The van der Waals surface area contributed by atoms with E-state index in [0.717, 1.165) is 11.1 Å². The molecule has 0 aliphatic rings. The van der Waals surface area contributed by atoms with Gasteiger partial charge >= 0.3 is 6.43 Å². The van der Waals surface area contributed by atoms with Crippen molar-refractivity contribution >= 4 is 0 Å². The fraction of sp³-hybridized carbons (Fsp3) is 0.167. The first-order valence-corrected chi connectivity index (χ1v) is 7.41. The third kappa shape index (κ3) is 3.98. The van der Waals surface area contributed by atoms with Crippen LogP contribution in [-0.2, 0) is 6.54 Å². The first kappa shape index (κ1) is 16.6. The molecule has 0 saturated carbocycles. The summed E-state index contributed by atoms with van der Waals surface area (Å²) in [5.41, 5.74) is 1.95. The first-order valence-electron chi connectivity index (χ1n) is 7.41. The van der Waals surface area contributed by atoms with Crippen molar-refractivity contribution in [3.05, 3.63) is 70.0 Å². The highest BCUT2D eigenvalue weighted by Gasteiger charge is 2.17. The van der Waals surface area contributed by atoms with E-state index < -0.39 is 12.3 Å². The van der Waals surface area contributed by atoms with E-state index in [2.05, 4.69) is 22.0 Å². The molecule has 0 aliphatic heterocycles. The van der Waals surface area contributed by atoms with Crippen LogP contribution in [0.15, 0.2) is 51.8 Å². The van der Waals surface area contributed by atoms with Crippen LogP contribution in [0.5, 0.6) is 0 Å². The highest BCUT2D eigenvalue weighted by Crippen LogP contribution is 2.21. The molecular weight excluding hydrogens is 328 g/mol. The molecule has 5 nitrogen and oxygen atoms in total. The Hall–Kier alpha value is -3.27. The number of hydrogen-bond donors (Lipinski definition) is 0. The molecule has 1 aromatic carbocycles. The van der Waals surface area contributed by atoms with Crippen LogP contribution in [0.2, 0.25) is 0 Å². The average Bonchev–Trinajstić information content (AvgIpc) is 3.08. The molecule has 7 heteroatoms. The van der Waals surface area contributed by atoms with E-state index in [1.165, 1.54) is 22.9 Å². The quantitative estimate of drug-likeness (QED) is 0.687. The molecule has 0 radical (unpaired) electrons. The van der Waals surface area contributed by atoms with Crippen LogP contribution in [0, 0.1) is 18.8 Å². The summed E-state index contributed by atoms with van der Waals surface area (Å²) in [6.45, 7) is 2.20. The molecule has 3 aromatic rings. The van der Waals surface area contributed by atoms with Gasteiger partial charge in [-0.2, -0.15) is 8.78 Å². The number of rotatable bonds is 3. The van der Waals surface area contributed by atoms with Crippen molar-refractivity contribution in [1.29, 1.82) is 0 Å². The Morgan fingerprint density at radius 3 is 2.60 bits per heavy atom. The van der Waals surface area contributed by atoms with Gasteiger partial charge in [-0.15, -0.1) is 10.2 Å². The van der Waals surface area contributed by atoms with Crippen molar-refractivity contribution in [3.8, 4) is 23.3 Å². The molecule has 0 N–H and O–H groups in total. The fourth-order valence-electron chi connectivity index (χ4n) is 2.07. The van der Waals surface area contributed by atoms with Crippen molar-refractivity contribution in [1.82, 2.24) is 14.8 Å². The maximum atomic E-state index is 12.5. The zero-order valence-electron chi connectivity index (χ0n) is 13.2. The number of pyridine rings is 1. The van der Waals surface area contributed by atoms with Gasteiger partial charge < -0.3 is 8.98 Å². The Morgan fingerprint density at radius 2 is 1.96 bits per heavy atom. The van der Waals surface area contributed by atoms with Gasteiger partial charge in [0.2, 0.25) is 5.89 Å². The summed E-state index contributed by atoms with van der Waals surface area (Å²) >= 11 is 0. The third-order valence-corrected chi connectivity index (χ3v) is 3.40. The Bertz CT molecular complexity index is 995. The van der Waals surface area contributed by atoms with Crippen LogP contribution < -0.4 is 5.56 Å². The average molecular weight is 341 g/mol. The molecule has 3 rings (SSSR count). The Morgan fingerprint density at radius 1 is 1.20 bits per heavy atom. The van der Waals surface area contributed by atoms with Gasteiger partial charge in [0.05, 0.1) is 6.54 Å². The zero-order chi connectivity index (χ0) is 17.8. The Labute approximate surface area is 141 Å². The lowest BCUT2D eigenvalue weighted by Crippen LogP contribution is -2.17. The second-order valence-corrected chi connectivity index (χ2v) is 5.30. The molecule has 0 unspecified atom stereocenters. The molecule has 0 amide bonds. The highest BCUT2D eigenvalue weighted by molar-refractivity contribution is 5.51. The van der Waals surface area contributed by atoms with Gasteiger partial charge in [0.25, 0.3) is 11.4 Å². The van der Waals surface area contributed by atoms with Crippen molar-refractivity contribution < 1.29 is 13.2 Å². The Balaban J connectivity index is 1.76. The van der Waals surface area contributed by atoms with E-state index in [0.29, 0.717) is 0 Å². The summed E-state index contributed by atoms with van der Waals surface area (Å²) < 4.78 is 31.2. The van der Waals surface area contributed by atoms with Gasteiger partial charge in [0.15, 0.2) is 0 Å².